The lowest BCUT2D eigenvalue weighted by Crippen LogP contribution is -2.94. The number of hydrogen-bond acceptors (Lipinski definition) is 1. The van der Waals surface area contributed by atoms with Gasteiger partial charge in [-0.2, -0.15) is 11.8 Å². The first kappa shape index (κ1) is 13.2. The number of halogens is 1. The van der Waals surface area contributed by atoms with Gasteiger partial charge >= 0.3 is 0 Å². The van der Waals surface area contributed by atoms with Gasteiger partial charge in [-0.1, -0.05) is 30.4 Å². The van der Waals surface area contributed by atoms with Crippen LogP contribution in [0.4, 0.5) is 4.39 Å². The van der Waals surface area contributed by atoms with E-state index in [1.807, 2.05) is 23.9 Å². The topological polar surface area (TPSA) is 16.6 Å². The first-order valence-electron chi connectivity index (χ1n) is 7.16. The van der Waals surface area contributed by atoms with Gasteiger partial charge in [0.2, 0.25) is 0 Å². The number of allylic oxidation sites excluding steroid dienone is 1. The van der Waals surface area contributed by atoms with Crippen LogP contribution in [0, 0.1) is 17.7 Å². The highest BCUT2D eigenvalue weighted by Crippen LogP contribution is 2.40. The Bertz CT molecular complexity index is 460. The Kier molecular flexibility index (Phi) is 4.24. The zero-order valence-electron chi connectivity index (χ0n) is 11.1. The van der Waals surface area contributed by atoms with Crippen molar-refractivity contribution in [2.75, 3.05) is 12.3 Å². The molecule has 2 aliphatic carbocycles. The number of hydrogen-bond donors (Lipinski definition) is 1. The van der Waals surface area contributed by atoms with Crippen LogP contribution < -0.4 is 5.32 Å². The number of thioether (sulfide) groups is 1. The lowest BCUT2D eigenvalue weighted by Gasteiger charge is -2.37. The minimum Gasteiger partial charge on any atom is -0.343 e. The van der Waals surface area contributed by atoms with Gasteiger partial charge in [0.25, 0.3) is 0 Å². The molecule has 1 saturated carbocycles. The second-order valence-electron chi connectivity index (χ2n) is 5.57. The van der Waals surface area contributed by atoms with E-state index in [0.29, 0.717) is 0 Å². The minimum absolute atomic E-state index is 0.0723. The van der Waals surface area contributed by atoms with Crippen LogP contribution in [0.15, 0.2) is 36.4 Å². The number of nitrogens with two attached hydrogens (primary N) is 1. The number of quaternary nitrogens is 1. The second kappa shape index (κ2) is 6.10. The molecule has 0 aromatic heterocycles. The van der Waals surface area contributed by atoms with E-state index in [0.717, 1.165) is 41.5 Å². The second-order valence-corrected chi connectivity index (χ2v) is 6.67. The Morgan fingerprint density at radius 3 is 3.05 bits per heavy atom. The van der Waals surface area contributed by atoms with Gasteiger partial charge < -0.3 is 5.32 Å². The summed E-state index contributed by atoms with van der Waals surface area (Å²) in [7, 11) is 0. The fourth-order valence-electron chi connectivity index (χ4n) is 3.20. The molecule has 1 aromatic carbocycles. The van der Waals surface area contributed by atoms with Crippen molar-refractivity contribution in [3.8, 4) is 0 Å². The Morgan fingerprint density at radius 1 is 1.32 bits per heavy atom. The lowest BCUT2D eigenvalue weighted by atomic mass is 9.71. The molecule has 1 nitrogen and oxygen atoms in total. The molecule has 1 aromatic rings. The van der Waals surface area contributed by atoms with Gasteiger partial charge in [0.15, 0.2) is 0 Å². The zero-order chi connectivity index (χ0) is 13.1. The summed E-state index contributed by atoms with van der Waals surface area (Å²) in [5.41, 5.74) is 0.829. The maximum absolute atomic E-state index is 13.4. The molecule has 2 aliphatic rings. The lowest BCUT2D eigenvalue weighted by molar-refractivity contribution is -0.704. The van der Waals surface area contributed by atoms with E-state index in [4.69, 9.17) is 0 Å². The van der Waals surface area contributed by atoms with Gasteiger partial charge in [-0.15, -0.1) is 0 Å². The molecule has 0 radical (unpaired) electrons. The molecule has 0 unspecified atom stereocenters. The summed E-state index contributed by atoms with van der Waals surface area (Å²) in [4.78, 5) is 0. The Morgan fingerprint density at radius 2 is 2.21 bits per heavy atom. The smallest absolute Gasteiger partial charge is 0.127 e. The van der Waals surface area contributed by atoms with Crippen molar-refractivity contribution in [1.82, 2.24) is 0 Å². The molecule has 3 atom stereocenters. The van der Waals surface area contributed by atoms with Crippen molar-refractivity contribution in [2.45, 2.75) is 24.6 Å². The van der Waals surface area contributed by atoms with Crippen molar-refractivity contribution < 1.29 is 9.71 Å². The largest absolute Gasteiger partial charge is 0.343 e. The van der Waals surface area contributed by atoms with Crippen LogP contribution in [0.25, 0.3) is 0 Å². The summed E-state index contributed by atoms with van der Waals surface area (Å²) in [6.07, 6.45) is 7.44. The van der Waals surface area contributed by atoms with E-state index in [1.165, 1.54) is 12.8 Å². The molecule has 0 saturated heterocycles. The van der Waals surface area contributed by atoms with Gasteiger partial charge in [0.1, 0.15) is 5.82 Å². The normalized spacial score (nSPS) is 28.2. The fraction of sp³-hybridized carbons (Fsp3) is 0.500. The van der Waals surface area contributed by atoms with E-state index < -0.39 is 0 Å². The summed E-state index contributed by atoms with van der Waals surface area (Å²) in [5, 5.41) is 2.49. The van der Waals surface area contributed by atoms with Crippen LogP contribution in [0.3, 0.4) is 0 Å². The van der Waals surface area contributed by atoms with Crippen molar-refractivity contribution in [1.29, 1.82) is 0 Å². The zero-order valence-corrected chi connectivity index (χ0v) is 11.9. The van der Waals surface area contributed by atoms with Crippen molar-refractivity contribution in [2.24, 2.45) is 11.8 Å². The van der Waals surface area contributed by atoms with Gasteiger partial charge in [0, 0.05) is 23.8 Å². The molecular weight excluding hydrogens is 257 g/mol. The quantitative estimate of drug-likeness (QED) is 0.625. The van der Waals surface area contributed by atoms with Crippen molar-refractivity contribution in [3.05, 3.63) is 47.8 Å². The molecule has 2 N–H and O–H groups in total. The van der Waals surface area contributed by atoms with Crippen LogP contribution in [0.2, 0.25) is 0 Å². The molecule has 3 heteroatoms. The molecule has 0 aliphatic heterocycles. The fourth-order valence-corrected chi connectivity index (χ4v) is 4.10. The maximum Gasteiger partial charge on any atom is 0.127 e. The average molecular weight is 278 g/mol. The summed E-state index contributed by atoms with van der Waals surface area (Å²) in [6.45, 7) is 1.15. The predicted molar refractivity (Wildman–Crippen MR) is 78.5 cm³/mol. The summed E-state index contributed by atoms with van der Waals surface area (Å²) < 4.78 is 13.4. The molecule has 0 heterocycles. The molecule has 1 fully saturated rings. The number of fused-ring (bicyclic) bond motifs is 1. The van der Waals surface area contributed by atoms with E-state index >= 15 is 0 Å². The molecule has 0 bridgehead atoms. The molecule has 19 heavy (non-hydrogen) atoms. The average Bonchev–Trinajstić information content (AvgIpc) is 2.77. The third-order valence-corrected chi connectivity index (χ3v) is 5.40. The standard InChI is InChI=1S/C16H20FNS/c17-15-7-2-1-4-13(15)11-19-9-8-18-16-10-12-5-3-6-14(12)16/h1-4,6-7,12,14,16,18H,5,8-11H2/p+1/t12-,14+,16+/m1/s1. The molecule has 3 rings (SSSR count). The van der Waals surface area contributed by atoms with Gasteiger partial charge in [-0.3, -0.25) is 0 Å². The third kappa shape index (κ3) is 3.03. The summed E-state index contributed by atoms with van der Waals surface area (Å²) in [6, 6.07) is 7.90. The van der Waals surface area contributed by atoms with Gasteiger partial charge in [0.05, 0.1) is 12.6 Å². The third-order valence-electron chi connectivity index (χ3n) is 4.36. The van der Waals surface area contributed by atoms with Crippen molar-refractivity contribution >= 4 is 11.8 Å². The summed E-state index contributed by atoms with van der Waals surface area (Å²) >= 11 is 1.83. The first-order chi connectivity index (χ1) is 9.34. The molecule has 0 amide bonds. The Balaban J connectivity index is 1.32. The van der Waals surface area contributed by atoms with Crippen LogP contribution in [0.5, 0.6) is 0 Å². The van der Waals surface area contributed by atoms with Crippen LogP contribution in [-0.4, -0.2) is 18.3 Å². The van der Waals surface area contributed by atoms with E-state index in [9.17, 15) is 4.39 Å². The number of benzene rings is 1. The highest BCUT2D eigenvalue weighted by molar-refractivity contribution is 7.98. The maximum atomic E-state index is 13.4. The molecule has 0 spiro atoms. The summed E-state index contributed by atoms with van der Waals surface area (Å²) in [5.74, 6) is 3.61. The Hall–Kier alpha value is -0.800. The van der Waals surface area contributed by atoms with Gasteiger partial charge in [-0.25, -0.2) is 4.39 Å². The van der Waals surface area contributed by atoms with E-state index in [2.05, 4.69) is 17.5 Å². The molecule has 102 valence electrons. The van der Waals surface area contributed by atoms with Crippen LogP contribution in [-0.2, 0) is 5.75 Å². The van der Waals surface area contributed by atoms with Gasteiger partial charge in [-0.05, 0) is 24.0 Å². The van der Waals surface area contributed by atoms with E-state index in [1.54, 1.807) is 12.1 Å². The minimum atomic E-state index is -0.0723. The predicted octanol–water partition coefficient (Wildman–Crippen LogP) is 2.59. The Labute approximate surface area is 118 Å². The number of rotatable bonds is 6. The van der Waals surface area contributed by atoms with Crippen LogP contribution in [0.1, 0.15) is 18.4 Å². The monoisotopic (exact) mass is 278 g/mol. The van der Waals surface area contributed by atoms with E-state index in [-0.39, 0.29) is 5.82 Å². The van der Waals surface area contributed by atoms with Crippen LogP contribution >= 0.6 is 11.8 Å². The SMILES string of the molecule is Fc1ccccc1CSCC[NH2+][C@H]1C[C@H]2CC=C[C@@H]21. The van der Waals surface area contributed by atoms with Crippen molar-refractivity contribution in [3.63, 3.8) is 0 Å². The molecular formula is C16H21FNS+. The highest BCUT2D eigenvalue weighted by atomic mass is 32.2. The first-order valence-corrected chi connectivity index (χ1v) is 8.31. The highest BCUT2D eigenvalue weighted by Gasteiger charge is 2.43.